The molecule has 0 saturated carbocycles. The number of para-hydroxylation sites is 1. The number of rotatable bonds is 8. The highest BCUT2D eigenvalue weighted by molar-refractivity contribution is 6.00. The molecule has 10 heteroatoms. The highest BCUT2D eigenvalue weighted by Gasteiger charge is 2.34. The van der Waals surface area contributed by atoms with E-state index in [0.29, 0.717) is 30.4 Å². The number of ether oxygens (including phenoxy) is 2. The van der Waals surface area contributed by atoms with Gasteiger partial charge in [0, 0.05) is 30.3 Å². The Hall–Kier alpha value is -4.47. The summed E-state index contributed by atoms with van der Waals surface area (Å²) in [7, 11) is 1.61. The topological polar surface area (TPSA) is 111 Å². The molecule has 3 heterocycles. The molecule has 1 N–H and O–H groups in total. The van der Waals surface area contributed by atoms with Crippen LogP contribution in [0.4, 0.5) is 5.69 Å². The molecular weight excluding hydrogens is 448 g/mol. The van der Waals surface area contributed by atoms with Gasteiger partial charge in [-0.05, 0) is 42.5 Å². The first-order chi connectivity index (χ1) is 17.1. The average Bonchev–Trinajstić information content (AvgIpc) is 3.50. The zero-order valence-electron chi connectivity index (χ0n) is 19.1. The maximum Gasteiger partial charge on any atom is 0.231 e. The molecule has 0 bridgehead atoms. The van der Waals surface area contributed by atoms with Crippen LogP contribution in [-0.4, -0.2) is 58.4 Å². The summed E-state index contributed by atoms with van der Waals surface area (Å²) in [4.78, 5) is 26.6. The molecule has 1 aliphatic rings. The normalized spacial score (nSPS) is 15.4. The molecule has 0 radical (unpaired) electrons. The highest BCUT2D eigenvalue weighted by atomic mass is 16.5. The van der Waals surface area contributed by atoms with Crippen molar-refractivity contribution in [1.82, 2.24) is 25.1 Å². The number of hydrogen-bond donors (Lipinski definition) is 1. The number of nitrogens with zero attached hydrogens (tertiary/aromatic N) is 5. The van der Waals surface area contributed by atoms with Crippen molar-refractivity contribution in [3.63, 3.8) is 0 Å². The Morgan fingerprint density at radius 2 is 1.86 bits per heavy atom. The van der Waals surface area contributed by atoms with Crippen LogP contribution in [0.5, 0.6) is 11.6 Å². The monoisotopic (exact) mass is 472 g/mol. The van der Waals surface area contributed by atoms with E-state index in [2.05, 4.69) is 20.6 Å². The first-order valence-electron chi connectivity index (χ1n) is 11.2. The van der Waals surface area contributed by atoms with Gasteiger partial charge in [-0.3, -0.25) is 9.59 Å². The molecule has 2 amide bonds. The average molecular weight is 473 g/mol. The summed E-state index contributed by atoms with van der Waals surface area (Å²) in [6, 6.07) is 20.3. The number of anilines is 1. The van der Waals surface area contributed by atoms with Gasteiger partial charge in [0.15, 0.2) is 11.5 Å². The minimum Gasteiger partial charge on any atom is -0.497 e. The standard InChI is InChI=1S/C25H24N6O4/c1-34-20-9-7-17(8-10-20)24-28-27-21-11-12-22(29-31(21)24)35-14-13-26-25(33)18-15-23(32)30(16-18)19-5-3-2-4-6-19/h2-12,18H,13-16H2,1H3,(H,26,33). The Bertz CT molecular complexity index is 1340. The van der Waals surface area contributed by atoms with E-state index in [4.69, 9.17) is 9.47 Å². The van der Waals surface area contributed by atoms with E-state index in [0.717, 1.165) is 17.0 Å². The van der Waals surface area contributed by atoms with Crippen molar-refractivity contribution in [2.75, 3.05) is 31.7 Å². The molecule has 0 spiro atoms. The molecule has 2 aromatic carbocycles. The SMILES string of the molecule is COc1ccc(-c2nnc3ccc(OCCNC(=O)C4CC(=O)N(c5ccccc5)C4)nn23)cc1. The van der Waals surface area contributed by atoms with Crippen LogP contribution in [0, 0.1) is 5.92 Å². The lowest BCUT2D eigenvalue weighted by Crippen LogP contribution is -2.35. The summed E-state index contributed by atoms with van der Waals surface area (Å²) in [5.41, 5.74) is 2.23. The van der Waals surface area contributed by atoms with Gasteiger partial charge >= 0.3 is 0 Å². The van der Waals surface area contributed by atoms with E-state index in [1.807, 2.05) is 54.6 Å². The van der Waals surface area contributed by atoms with E-state index in [1.54, 1.807) is 28.7 Å². The smallest absolute Gasteiger partial charge is 0.231 e. The van der Waals surface area contributed by atoms with Crippen molar-refractivity contribution in [3.8, 4) is 23.0 Å². The van der Waals surface area contributed by atoms with Gasteiger partial charge in [0.2, 0.25) is 17.7 Å². The Morgan fingerprint density at radius 1 is 1.06 bits per heavy atom. The molecule has 4 aromatic rings. The molecule has 1 fully saturated rings. The largest absolute Gasteiger partial charge is 0.497 e. The number of carbonyl (C=O) groups excluding carboxylic acids is 2. The molecule has 1 saturated heterocycles. The minimum atomic E-state index is -0.388. The number of fused-ring (bicyclic) bond motifs is 1. The number of hydrogen-bond acceptors (Lipinski definition) is 7. The number of methoxy groups -OCH3 is 1. The summed E-state index contributed by atoms with van der Waals surface area (Å²) in [5, 5.41) is 15.7. The number of benzene rings is 2. The van der Waals surface area contributed by atoms with Crippen molar-refractivity contribution in [2.24, 2.45) is 5.92 Å². The Labute approximate surface area is 201 Å². The van der Waals surface area contributed by atoms with Gasteiger partial charge in [-0.2, -0.15) is 4.52 Å². The fourth-order valence-electron chi connectivity index (χ4n) is 3.98. The summed E-state index contributed by atoms with van der Waals surface area (Å²) < 4.78 is 12.5. The minimum absolute atomic E-state index is 0.0493. The molecule has 1 unspecified atom stereocenters. The number of carbonyl (C=O) groups is 2. The quantitative estimate of drug-likeness (QED) is 0.392. The van der Waals surface area contributed by atoms with Crippen LogP contribution in [0.1, 0.15) is 6.42 Å². The van der Waals surface area contributed by atoms with Crippen molar-refractivity contribution in [3.05, 3.63) is 66.7 Å². The van der Waals surface area contributed by atoms with Crippen LogP contribution in [0.15, 0.2) is 66.7 Å². The maximum absolute atomic E-state index is 12.6. The first-order valence-corrected chi connectivity index (χ1v) is 11.2. The Kier molecular flexibility index (Phi) is 6.25. The third-order valence-electron chi connectivity index (χ3n) is 5.80. The molecule has 178 valence electrons. The summed E-state index contributed by atoms with van der Waals surface area (Å²) >= 11 is 0. The Morgan fingerprint density at radius 3 is 2.63 bits per heavy atom. The van der Waals surface area contributed by atoms with Crippen LogP contribution < -0.4 is 19.7 Å². The Balaban J connectivity index is 1.16. The van der Waals surface area contributed by atoms with Gasteiger partial charge < -0.3 is 19.7 Å². The van der Waals surface area contributed by atoms with E-state index in [-0.39, 0.29) is 30.8 Å². The molecule has 35 heavy (non-hydrogen) atoms. The zero-order valence-corrected chi connectivity index (χ0v) is 19.1. The summed E-state index contributed by atoms with van der Waals surface area (Å²) in [5.74, 6) is 1.11. The van der Waals surface area contributed by atoms with Gasteiger partial charge in [-0.15, -0.1) is 15.3 Å². The summed E-state index contributed by atoms with van der Waals surface area (Å²) in [6.45, 7) is 0.894. The molecular formula is C25H24N6O4. The number of amides is 2. The first kappa shape index (κ1) is 22.3. The molecule has 2 aromatic heterocycles. The van der Waals surface area contributed by atoms with Crippen molar-refractivity contribution in [1.29, 1.82) is 0 Å². The van der Waals surface area contributed by atoms with E-state index >= 15 is 0 Å². The fourth-order valence-corrected chi connectivity index (χ4v) is 3.98. The summed E-state index contributed by atoms with van der Waals surface area (Å²) in [6.07, 6.45) is 0.196. The molecule has 1 aliphatic heterocycles. The van der Waals surface area contributed by atoms with Gasteiger partial charge in [-0.1, -0.05) is 18.2 Å². The lowest BCUT2D eigenvalue weighted by molar-refractivity contribution is -0.126. The van der Waals surface area contributed by atoms with Crippen molar-refractivity contribution in [2.45, 2.75) is 6.42 Å². The van der Waals surface area contributed by atoms with Gasteiger partial charge in [0.25, 0.3) is 0 Å². The van der Waals surface area contributed by atoms with Crippen LogP contribution >= 0.6 is 0 Å². The zero-order chi connectivity index (χ0) is 24.2. The molecule has 1 atom stereocenters. The lowest BCUT2D eigenvalue weighted by atomic mass is 10.1. The van der Waals surface area contributed by atoms with Gasteiger partial charge in [-0.25, -0.2) is 0 Å². The maximum atomic E-state index is 12.6. The highest BCUT2D eigenvalue weighted by Crippen LogP contribution is 2.25. The van der Waals surface area contributed by atoms with E-state index in [9.17, 15) is 9.59 Å². The third-order valence-corrected chi connectivity index (χ3v) is 5.80. The molecule has 10 nitrogen and oxygen atoms in total. The van der Waals surface area contributed by atoms with Crippen LogP contribution in [0.3, 0.4) is 0 Å². The number of nitrogens with one attached hydrogen (secondary N) is 1. The molecule has 5 rings (SSSR count). The van der Waals surface area contributed by atoms with E-state index < -0.39 is 0 Å². The molecule has 0 aliphatic carbocycles. The number of aromatic nitrogens is 4. The van der Waals surface area contributed by atoms with Crippen LogP contribution in [0.2, 0.25) is 0 Å². The fraction of sp³-hybridized carbons (Fsp3) is 0.240. The van der Waals surface area contributed by atoms with Crippen LogP contribution in [0.25, 0.3) is 17.0 Å². The van der Waals surface area contributed by atoms with Crippen molar-refractivity contribution < 1.29 is 19.1 Å². The third kappa shape index (κ3) is 4.77. The second-order valence-electron chi connectivity index (χ2n) is 8.07. The van der Waals surface area contributed by atoms with Gasteiger partial charge in [0.1, 0.15) is 12.4 Å². The van der Waals surface area contributed by atoms with Crippen LogP contribution in [-0.2, 0) is 9.59 Å². The predicted octanol–water partition coefficient (Wildman–Crippen LogP) is 2.35. The second-order valence-corrected chi connectivity index (χ2v) is 8.07. The second kappa shape index (κ2) is 9.80. The van der Waals surface area contributed by atoms with Gasteiger partial charge in [0.05, 0.1) is 19.6 Å². The lowest BCUT2D eigenvalue weighted by Gasteiger charge is -2.16. The predicted molar refractivity (Wildman–Crippen MR) is 128 cm³/mol. The van der Waals surface area contributed by atoms with Crippen molar-refractivity contribution >= 4 is 23.1 Å². The van der Waals surface area contributed by atoms with E-state index in [1.165, 1.54) is 0 Å².